The Morgan fingerprint density at radius 1 is 1.55 bits per heavy atom. The molecule has 3 heteroatoms. The van der Waals surface area contributed by atoms with Crippen molar-refractivity contribution in [2.75, 3.05) is 26.4 Å². The summed E-state index contributed by atoms with van der Waals surface area (Å²) in [5.41, 5.74) is 5.49. The van der Waals surface area contributed by atoms with Gasteiger partial charge in [-0.05, 0) is 19.9 Å². The molecule has 68 valence electrons. The van der Waals surface area contributed by atoms with E-state index in [1.54, 1.807) is 0 Å². The van der Waals surface area contributed by atoms with Crippen LogP contribution in [0, 0.1) is 5.41 Å². The summed E-state index contributed by atoms with van der Waals surface area (Å²) in [5.74, 6) is 0. The predicted octanol–water partition coefficient (Wildman–Crippen LogP) is 0.370. The van der Waals surface area contributed by atoms with E-state index >= 15 is 0 Å². The Bertz CT molecular complexity index is 98.1. The monoisotopic (exact) mass is 161 g/mol. The van der Waals surface area contributed by atoms with Crippen molar-refractivity contribution in [2.24, 2.45) is 11.1 Å². The normalized spacial score (nSPS) is 16.4. The lowest BCUT2D eigenvalue weighted by Gasteiger charge is -2.26. The zero-order chi connectivity index (χ0) is 8.74. The second-order valence-corrected chi connectivity index (χ2v) is 3.13. The molecule has 3 N–H and O–H groups in total. The molecule has 0 rings (SSSR count). The molecule has 0 fully saturated rings. The highest BCUT2D eigenvalue weighted by molar-refractivity contribution is 4.74. The van der Waals surface area contributed by atoms with Crippen molar-refractivity contribution in [3.63, 3.8) is 0 Å². The summed E-state index contributed by atoms with van der Waals surface area (Å²) in [4.78, 5) is 0. The van der Waals surface area contributed by atoms with Crippen LogP contribution in [0.2, 0.25) is 0 Å². The summed E-state index contributed by atoms with van der Waals surface area (Å²) in [5, 5.41) is 8.72. The van der Waals surface area contributed by atoms with Crippen molar-refractivity contribution in [2.45, 2.75) is 20.3 Å². The van der Waals surface area contributed by atoms with E-state index in [1.807, 2.05) is 13.8 Å². The predicted molar refractivity (Wildman–Crippen MR) is 45.4 cm³/mol. The average molecular weight is 161 g/mol. The first-order valence-corrected chi connectivity index (χ1v) is 4.07. The molecule has 0 amide bonds. The van der Waals surface area contributed by atoms with Gasteiger partial charge in [-0.2, -0.15) is 0 Å². The highest BCUT2D eigenvalue weighted by Crippen LogP contribution is 2.19. The van der Waals surface area contributed by atoms with Crippen LogP contribution >= 0.6 is 0 Å². The zero-order valence-electron chi connectivity index (χ0n) is 7.47. The van der Waals surface area contributed by atoms with Gasteiger partial charge in [0.1, 0.15) is 0 Å². The summed E-state index contributed by atoms with van der Waals surface area (Å²) < 4.78 is 5.25. The van der Waals surface area contributed by atoms with Crippen LogP contribution in [0.4, 0.5) is 0 Å². The minimum Gasteiger partial charge on any atom is -0.396 e. The van der Waals surface area contributed by atoms with Crippen LogP contribution in [0.25, 0.3) is 0 Å². The van der Waals surface area contributed by atoms with E-state index in [4.69, 9.17) is 15.6 Å². The molecule has 0 aromatic rings. The van der Waals surface area contributed by atoms with E-state index in [-0.39, 0.29) is 12.0 Å². The van der Waals surface area contributed by atoms with Crippen molar-refractivity contribution in [1.29, 1.82) is 0 Å². The minimum atomic E-state index is -0.0508. The van der Waals surface area contributed by atoms with Crippen LogP contribution < -0.4 is 5.73 Å². The van der Waals surface area contributed by atoms with Gasteiger partial charge in [-0.1, -0.05) is 6.92 Å². The molecule has 0 heterocycles. The van der Waals surface area contributed by atoms with Crippen molar-refractivity contribution < 1.29 is 9.84 Å². The number of aliphatic hydroxyl groups is 1. The Hall–Kier alpha value is -0.120. The minimum absolute atomic E-state index is 0.0508. The van der Waals surface area contributed by atoms with Gasteiger partial charge in [-0.15, -0.1) is 0 Å². The van der Waals surface area contributed by atoms with Crippen LogP contribution in [0.3, 0.4) is 0 Å². The number of ether oxygens (including phenoxy) is 1. The molecule has 0 aromatic carbocycles. The molecule has 0 radical (unpaired) electrons. The number of hydrogen-bond acceptors (Lipinski definition) is 3. The largest absolute Gasteiger partial charge is 0.396 e. The van der Waals surface area contributed by atoms with E-state index < -0.39 is 0 Å². The lowest BCUT2D eigenvalue weighted by Crippen LogP contribution is -2.33. The first-order chi connectivity index (χ1) is 5.18. The molecule has 0 spiro atoms. The molecule has 0 bridgehead atoms. The number of hydrogen-bond donors (Lipinski definition) is 2. The summed E-state index contributed by atoms with van der Waals surface area (Å²) in [7, 11) is 0. The van der Waals surface area contributed by atoms with Crippen LogP contribution in [0.1, 0.15) is 20.3 Å². The van der Waals surface area contributed by atoms with Crippen molar-refractivity contribution >= 4 is 0 Å². The van der Waals surface area contributed by atoms with Gasteiger partial charge in [-0.25, -0.2) is 0 Å². The van der Waals surface area contributed by atoms with Gasteiger partial charge in [-0.3, -0.25) is 0 Å². The molecule has 0 aliphatic carbocycles. The molecule has 0 aliphatic heterocycles. The van der Waals surface area contributed by atoms with E-state index in [0.717, 1.165) is 0 Å². The van der Waals surface area contributed by atoms with Gasteiger partial charge in [0.2, 0.25) is 0 Å². The van der Waals surface area contributed by atoms with Gasteiger partial charge in [0, 0.05) is 18.6 Å². The van der Waals surface area contributed by atoms with Gasteiger partial charge < -0.3 is 15.6 Å². The summed E-state index contributed by atoms with van der Waals surface area (Å²) in [6.45, 7) is 6.07. The maximum absolute atomic E-state index is 8.72. The lowest BCUT2D eigenvalue weighted by atomic mass is 9.88. The number of aliphatic hydroxyl groups excluding tert-OH is 1. The van der Waals surface area contributed by atoms with Crippen molar-refractivity contribution in [3.8, 4) is 0 Å². The number of rotatable bonds is 6. The molecule has 0 aromatic heterocycles. The number of nitrogens with two attached hydrogens (primary N) is 1. The van der Waals surface area contributed by atoms with Gasteiger partial charge >= 0.3 is 0 Å². The molecule has 0 saturated carbocycles. The first kappa shape index (κ1) is 10.9. The molecular formula is C8H19NO2. The maximum Gasteiger partial charge on any atom is 0.0532 e. The van der Waals surface area contributed by atoms with Crippen LogP contribution in [0.5, 0.6) is 0 Å². The molecule has 3 nitrogen and oxygen atoms in total. The Labute approximate surface area is 68.5 Å². The quantitative estimate of drug-likeness (QED) is 0.592. The fourth-order valence-corrected chi connectivity index (χ4v) is 0.852. The maximum atomic E-state index is 8.72. The summed E-state index contributed by atoms with van der Waals surface area (Å²) >= 11 is 0. The summed E-state index contributed by atoms with van der Waals surface area (Å²) in [6, 6.07) is 0. The third-order valence-corrected chi connectivity index (χ3v) is 1.86. The Balaban J connectivity index is 3.68. The first-order valence-electron chi connectivity index (χ1n) is 4.07. The van der Waals surface area contributed by atoms with Crippen LogP contribution in [-0.2, 0) is 4.74 Å². The van der Waals surface area contributed by atoms with E-state index in [1.165, 1.54) is 0 Å². The second-order valence-electron chi connectivity index (χ2n) is 3.13. The smallest absolute Gasteiger partial charge is 0.0532 e. The van der Waals surface area contributed by atoms with Crippen LogP contribution in [-0.4, -0.2) is 31.5 Å². The average Bonchev–Trinajstić information content (AvgIpc) is 2.02. The van der Waals surface area contributed by atoms with E-state index in [0.29, 0.717) is 26.2 Å². The van der Waals surface area contributed by atoms with Gasteiger partial charge in [0.05, 0.1) is 6.61 Å². The Morgan fingerprint density at radius 2 is 2.18 bits per heavy atom. The zero-order valence-corrected chi connectivity index (χ0v) is 7.47. The lowest BCUT2D eigenvalue weighted by molar-refractivity contribution is 0.0494. The van der Waals surface area contributed by atoms with Crippen LogP contribution in [0.15, 0.2) is 0 Å². The molecule has 0 aliphatic rings. The highest BCUT2D eigenvalue weighted by atomic mass is 16.5. The fraction of sp³-hybridized carbons (Fsp3) is 1.00. The fourth-order valence-electron chi connectivity index (χ4n) is 0.852. The topological polar surface area (TPSA) is 55.5 Å². The van der Waals surface area contributed by atoms with Crippen molar-refractivity contribution in [3.05, 3.63) is 0 Å². The van der Waals surface area contributed by atoms with Crippen molar-refractivity contribution in [1.82, 2.24) is 0 Å². The Kier molecular flexibility index (Phi) is 5.46. The van der Waals surface area contributed by atoms with E-state index in [9.17, 15) is 0 Å². The molecule has 1 unspecified atom stereocenters. The molecule has 11 heavy (non-hydrogen) atoms. The molecule has 1 atom stereocenters. The summed E-state index contributed by atoms with van der Waals surface area (Å²) in [6.07, 6.45) is 0.712. The highest BCUT2D eigenvalue weighted by Gasteiger charge is 2.21. The SMILES string of the molecule is CCOCC(C)(CN)CCO. The molecular weight excluding hydrogens is 142 g/mol. The molecule has 0 saturated heterocycles. The van der Waals surface area contributed by atoms with E-state index in [2.05, 4.69) is 0 Å². The Morgan fingerprint density at radius 3 is 2.55 bits per heavy atom. The third kappa shape index (κ3) is 4.35. The van der Waals surface area contributed by atoms with Gasteiger partial charge in [0.25, 0.3) is 0 Å². The van der Waals surface area contributed by atoms with Gasteiger partial charge in [0.15, 0.2) is 0 Å². The second kappa shape index (κ2) is 5.52. The third-order valence-electron chi connectivity index (χ3n) is 1.86. The standard InChI is InChI=1S/C8H19NO2/c1-3-11-7-8(2,6-9)4-5-10/h10H,3-7,9H2,1-2H3.